The highest BCUT2D eigenvalue weighted by Gasteiger charge is 2.50. The molecule has 2 atom stereocenters. The highest BCUT2D eigenvalue weighted by atomic mass is 16.9. The predicted molar refractivity (Wildman–Crippen MR) is 35.4 cm³/mol. The number of hydrogen-bond acceptors (Lipinski definition) is 7. The first-order valence-electron chi connectivity index (χ1n) is 3.43. The van der Waals surface area contributed by atoms with Gasteiger partial charge in [0, 0.05) is 0 Å². The topological polar surface area (TPSA) is 130 Å². The van der Waals surface area contributed by atoms with E-state index in [4.69, 9.17) is 15.3 Å². The number of carbonyl (C=O) groups excluding carboxylic acids is 2. The van der Waals surface area contributed by atoms with Crippen LogP contribution in [0.15, 0.2) is 0 Å². The molecule has 1 rings (SSSR count). The number of ether oxygens (including phenoxy) is 2. The first kappa shape index (κ1) is 10.4. The van der Waals surface area contributed by atoms with E-state index >= 15 is 0 Å². The fourth-order valence-corrected chi connectivity index (χ4v) is 0.750. The Balaban J connectivity index is 2.96. The minimum Gasteiger partial charge on any atom is -0.473 e. The number of aliphatic hydroxyl groups excluding tert-OH is 1. The summed E-state index contributed by atoms with van der Waals surface area (Å²) in [4.78, 5) is 31.8. The molecule has 78 valence electrons. The quantitative estimate of drug-likeness (QED) is 0.403. The zero-order chi connectivity index (χ0) is 10.9. The fourth-order valence-electron chi connectivity index (χ4n) is 0.750. The third kappa shape index (κ3) is 1.80. The molecule has 1 aliphatic heterocycles. The minimum atomic E-state index is -3.36. The Morgan fingerprint density at radius 1 is 1.43 bits per heavy atom. The van der Waals surface area contributed by atoms with Crippen LogP contribution < -0.4 is 0 Å². The maximum atomic E-state index is 10.8. The Labute approximate surface area is 76.7 Å². The molecule has 14 heavy (non-hydrogen) atoms. The van der Waals surface area contributed by atoms with Crippen LogP contribution in [0, 0.1) is 0 Å². The van der Waals surface area contributed by atoms with Gasteiger partial charge in [0.1, 0.15) is 0 Å². The van der Waals surface area contributed by atoms with E-state index in [0.717, 1.165) is 0 Å². The molecule has 2 unspecified atom stereocenters. The molecule has 8 heteroatoms. The number of rotatable bonds is 1. The number of carboxylic acid groups (broad SMARTS) is 1. The van der Waals surface area contributed by atoms with Gasteiger partial charge >= 0.3 is 23.9 Å². The molecular weight excluding hydrogens is 200 g/mol. The van der Waals surface area contributed by atoms with E-state index in [9.17, 15) is 14.4 Å². The molecule has 0 amide bonds. The van der Waals surface area contributed by atoms with Crippen molar-refractivity contribution >= 4 is 17.9 Å². The van der Waals surface area contributed by atoms with E-state index in [1.54, 1.807) is 0 Å². The van der Waals surface area contributed by atoms with Crippen molar-refractivity contribution in [2.24, 2.45) is 0 Å². The van der Waals surface area contributed by atoms with E-state index in [2.05, 4.69) is 9.47 Å². The minimum absolute atomic E-state index is 0.769. The van der Waals surface area contributed by atoms with Gasteiger partial charge in [0.2, 0.25) is 0 Å². The molecule has 0 saturated carbocycles. The highest BCUT2D eigenvalue weighted by molar-refractivity contribution is 5.88. The molecule has 0 aromatic carbocycles. The number of aliphatic hydroxyl groups is 2. The number of esters is 2. The van der Waals surface area contributed by atoms with Crippen molar-refractivity contribution in [3.05, 3.63) is 0 Å². The molecule has 3 N–H and O–H groups in total. The van der Waals surface area contributed by atoms with Gasteiger partial charge in [-0.3, -0.25) is 4.79 Å². The maximum Gasteiger partial charge on any atom is 0.478 e. The number of hydrogen-bond donors (Lipinski definition) is 3. The molecule has 8 nitrogen and oxygen atoms in total. The van der Waals surface area contributed by atoms with Gasteiger partial charge in [0.05, 0.1) is 6.42 Å². The van der Waals surface area contributed by atoms with Crippen LogP contribution in [0.25, 0.3) is 0 Å². The van der Waals surface area contributed by atoms with Crippen LogP contribution >= 0.6 is 0 Å². The number of carbonyl (C=O) groups is 3. The van der Waals surface area contributed by atoms with E-state index < -0.39 is 36.4 Å². The lowest BCUT2D eigenvalue weighted by Crippen LogP contribution is -2.46. The van der Waals surface area contributed by atoms with E-state index in [1.165, 1.54) is 0 Å². The van der Waals surface area contributed by atoms with Crippen LogP contribution in [-0.4, -0.2) is 45.3 Å². The zero-order valence-corrected chi connectivity index (χ0v) is 6.67. The van der Waals surface area contributed by atoms with Crippen LogP contribution in [0.4, 0.5) is 0 Å². The van der Waals surface area contributed by atoms with Gasteiger partial charge in [-0.1, -0.05) is 0 Å². The average molecular weight is 206 g/mol. The van der Waals surface area contributed by atoms with Crippen LogP contribution in [-0.2, 0) is 23.9 Å². The predicted octanol–water partition coefficient (Wildman–Crippen LogP) is -2.43. The van der Waals surface area contributed by atoms with Crippen molar-refractivity contribution in [2.45, 2.75) is 18.5 Å². The summed E-state index contributed by atoms with van der Waals surface area (Å²) in [6.07, 6.45) is -2.61. The molecule has 0 aromatic rings. The van der Waals surface area contributed by atoms with E-state index in [-0.39, 0.29) is 0 Å². The summed E-state index contributed by atoms with van der Waals surface area (Å²) < 4.78 is 7.78. The van der Waals surface area contributed by atoms with Crippen molar-refractivity contribution in [1.82, 2.24) is 0 Å². The van der Waals surface area contributed by atoms with Gasteiger partial charge in [-0.15, -0.1) is 0 Å². The summed E-state index contributed by atoms with van der Waals surface area (Å²) in [5, 5.41) is 26.2. The van der Waals surface area contributed by atoms with Crippen LogP contribution in [0.5, 0.6) is 0 Å². The Kier molecular flexibility index (Phi) is 2.41. The number of aliphatic carboxylic acids is 1. The van der Waals surface area contributed by atoms with Gasteiger partial charge in [-0.05, 0) is 0 Å². The Hall–Kier alpha value is -1.67. The third-order valence-electron chi connectivity index (χ3n) is 1.39. The second-order valence-corrected chi connectivity index (χ2v) is 2.50. The van der Waals surface area contributed by atoms with Crippen molar-refractivity contribution in [1.29, 1.82) is 0 Å². The fraction of sp³-hybridized carbons (Fsp3) is 0.500. The first-order chi connectivity index (χ1) is 6.35. The maximum absolute atomic E-state index is 10.8. The lowest BCUT2D eigenvalue weighted by atomic mass is 10.3. The van der Waals surface area contributed by atoms with E-state index in [1.807, 2.05) is 0 Å². The highest BCUT2D eigenvalue weighted by Crippen LogP contribution is 2.17. The molecular formula is C6H6O8. The second kappa shape index (κ2) is 3.24. The van der Waals surface area contributed by atoms with Gasteiger partial charge in [-0.25, -0.2) is 9.59 Å². The summed E-state index contributed by atoms with van der Waals surface area (Å²) in [7, 11) is 0. The lowest BCUT2D eigenvalue weighted by Gasteiger charge is -2.19. The molecule has 0 spiro atoms. The smallest absolute Gasteiger partial charge is 0.473 e. The summed E-state index contributed by atoms with van der Waals surface area (Å²) in [5.74, 6) is -8.12. The number of cyclic esters (lactones) is 2. The largest absolute Gasteiger partial charge is 0.478 e. The van der Waals surface area contributed by atoms with Crippen LogP contribution in [0.1, 0.15) is 6.42 Å². The first-order valence-corrected chi connectivity index (χ1v) is 3.43. The molecule has 0 bridgehead atoms. The molecule has 0 aromatic heterocycles. The number of carboxylic acids is 1. The van der Waals surface area contributed by atoms with Gasteiger partial charge in [-0.2, -0.15) is 0 Å². The Bertz CT molecular complexity index is 296. The second-order valence-electron chi connectivity index (χ2n) is 2.50. The van der Waals surface area contributed by atoms with Crippen molar-refractivity contribution in [3.63, 3.8) is 0 Å². The summed E-state index contributed by atoms with van der Waals surface area (Å²) in [6.45, 7) is 0. The Morgan fingerprint density at radius 2 is 2.00 bits per heavy atom. The van der Waals surface area contributed by atoms with Gasteiger partial charge in [0.25, 0.3) is 0 Å². The summed E-state index contributed by atoms with van der Waals surface area (Å²) in [6, 6.07) is 0. The standard InChI is InChI=1S/C6H6O8/c7-2-1-3(8)13-6(12,5(10)11)14-4(2)9/h2,7,12H,1H2,(H,10,11). The zero-order valence-electron chi connectivity index (χ0n) is 6.67. The molecule has 1 aliphatic rings. The summed E-state index contributed by atoms with van der Waals surface area (Å²) in [5.41, 5.74) is 0. The lowest BCUT2D eigenvalue weighted by molar-refractivity contribution is -0.311. The molecule has 1 saturated heterocycles. The van der Waals surface area contributed by atoms with E-state index in [0.29, 0.717) is 0 Å². The SMILES string of the molecule is O=C1CC(O)C(=O)OC(O)(C(=O)O)O1. The molecule has 1 fully saturated rings. The van der Waals surface area contributed by atoms with Gasteiger partial charge in [0.15, 0.2) is 6.10 Å². The Morgan fingerprint density at radius 3 is 2.50 bits per heavy atom. The van der Waals surface area contributed by atoms with Crippen molar-refractivity contribution in [2.75, 3.05) is 0 Å². The van der Waals surface area contributed by atoms with Crippen molar-refractivity contribution < 1.29 is 39.2 Å². The molecule has 0 aliphatic carbocycles. The van der Waals surface area contributed by atoms with Crippen LogP contribution in [0.3, 0.4) is 0 Å². The normalized spacial score (nSPS) is 32.9. The van der Waals surface area contributed by atoms with Crippen LogP contribution in [0.2, 0.25) is 0 Å². The molecule has 1 heterocycles. The molecule has 0 radical (unpaired) electrons. The average Bonchev–Trinajstić information content (AvgIpc) is 2.10. The monoisotopic (exact) mass is 206 g/mol. The summed E-state index contributed by atoms with van der Waals surface area (Å²) >= 11 is 0. The van der Waals surface area contributed by atoms with Crippen molar-refractivity contribution in [3.8, 4) is 0 Å². The van der Waals surface area contributed by atoms with Gasteiger partial charge < -0.3 is 24.8 Å². The third-order valence-corrected chi connectivity index (χ3v) is 1.39.